The Bertz CT molecular complexity index is 124. The second-order valence-electron chi connectivity index (χ2n) is 2.91. The third-order valence-electron chi connectivity index (χ3n) is 1.46. The van der Waals surface area contributed by atoms with Crippen molar-refractivity contribution in [3.8, 4) is 0 Å². The van der Waals surface area contributed by atoms with Crippen LogP contribution in [0, 0.1) is 0 Å². The second kappa shape index (κ2) is 7.83. The van der Waals surface area contributed by atoms with Gasteiger partial charge in [-0.3, -0.25) is 4.79 Å². The lowest BCUT2D eigenvalue weighted by atomic mass is 10.3. The highest BCUT2D eigenvalue weighted by atomic mass is 127. The molecule has 3 heteroatoms. The molecule has 0 radical (unpaired) electrons. The van der Waals surface area contributed by atoms with Crippen molar-refractivity contribution in [2.45, 2.75) is 43.5 Å². The number of halogens is 1. The van der Waals surface area contributed by atoms with E-state index in [1.54, 1.807) is 0 Å². The number of esters is 1. The summed E-state index contributed by atoms with van der Waals surface area (Å²) in [5, 5.41) is 0. The third kappa shape index (κ3) is 8.30. The molecule has 0 aromatic rings. The molecule has 0 aliphatic rings. The van der Waals surface area contributed by atoms with Crippen LogP contribution in [0.1, 0.15) is 39.5 Å². The van der Waals surface area contributed by atoms with Gasteiger partial charge in [-0.05, 0) is 6.42 Å². The van der Waals surface area contributed by atoms with Crippen LogP contribution in [-0.2, 0) is 9.53 Å². The predicted octanol–water partition coefficient (Wildman–Crippen LogP) is 2.93. The first-order chi connectivity index (χ1) is 5.66. The van der Waals surface area contributed by atoms with Crippen molar-refractivity contribution < 1.29 is 9.53 Å². The number of rotatable bonds is 6. The van der Waals surface area contributed by atoms with E-state index in [2.05, 4.69) is 29.5 Å². The summed E-state index contributed by atoms with van der Waals surface area (Å²) in [4.78, 5) is 11.0. The molecule has 0 aromatic heterocycles. The molecule has 0 saturated heterocycles. The molecule has 0 bridgehead atoms. The minimum atomic E-state index is -0.0620. The van der Waals surface area contributed by atoms with Crippen LogP contribution in [0.15, 0.2) is 0 Å². The van der Waals surface area contributed by atoms with E-state index in [9.17, 15) is 4.79 Å². The average molecular weight is 284 g/mol. The quantitative estimate of drug-likeness (QED) is 0.324. The maximum atomic E-state index is 11.0. The van der Waals surface area contributed by atoms with Gasteiger partial charge >= 0.3 is 5.97 Å². The molecule has 0 aliphatic carbocycles. The maximum Gasteiger partial charge on any atom is 0.306 e. The molecule has 1 unspecified atom stereocenters. The van der Waals surface area contributed by atoms with Crippen molar-refractivity contribution in [2.24, 2.45) is 0 Å². The van der Waals surface area contributed by atoms with Crippen molar-refractivity contribution in [3.63, 3.8) is 0 Å². The van der Waals surface area contributed by atoms with E-state index < -0.39 is 0 Å². The van der Waals surface area contributed by atoms with E-state index in [1.807, 2.05) is 6.92 Å². The van der Waals surface area contributed by atoms with Crippen molar-refractivity contribution in [1.29, 1.82) is 0 Å². The van der Waals surface area contributed by atoms with Gasteiger partial charge in [0.2, 0.25) is 0 Å². The van der Waals surface area contributed by atoms with Gasteiger partial charge in [-0.25, -0.2) is 0 Å². The van der Waals surface area contributed by atoms with Crippen LogP contribution < -0.4 is 0 Å². The molecule has 0 heterocycles. The Morgan fingerprint density at radius 2 is 2.17 bits per heavy atom. The monoisotopic (exact) mass is 284 g/mol. The number of ether oxygens (including phenoxy) is 1. The summed E-state index contributed by atoms with van der Waals surface area (Å²) in [6.45, 7) is 4.73. The number of alkyl halides is 1. The van der Waals surface area contributed by atoms with Crippen molar-refractivity contribution in [1.82, 2.24) is 0 Å². The molecule has 0 aliphatic heterocycles. The first-order valence-corrected chi connectivity index (χ1v) is 5.71. The molecule has 1 atom stereocenters. The SMILES string of the molecule is CCCCCOC(=O)CC(C)I. The molecule has 72 valence electrons. The van der Waals surface area contributed by atoms with E-state index in [0.29, 0.717) is 17.0 Å². The van der Waals surface area contributed by atoms with Gasteiger partial charge in [0.1, 0.15) is 0 Å². The van der Waals surface area contributed by atoms with Crippen molar-refractivity contribution >= 4 is 28.6 Å². The highest BCUT2D eigenvalue weighted by molar-refractivity contribution is 14.1. The molecule has 0 spiro atoms. The molecular weight excluding hydrogens is 267 g/mol. The zero-order chi connectivity index (χ0) is 9.40. The molecule has 0 amide bonds. The number of hydrogen-bond donors (Lipinski definition) is 0. The Labute approximate surface area is 88.2 Å². The zero-order valence-electron chi connectivity index (χ0n) is 7.81. The van der Waals surface area contributed by atoms with E-state index in [1.165, 1.54) is 6.42 Å². The normalized spacial score (nSPS) is 12.6. The highest BCUT2D eigenvalue weighted by Gasteiger charge is 2.05. The molecular formula is C9H17IO2. The number of hydrogen-bond acceptors (Lipinski definition) is 2. The van der Waals surface area contributed by atoms with Crippen LogP contribution >= 0.6 is 22.6 Å². The lowest BCUT2D eigenvalue weighted by molar-refractivity contribution is -0.143. The molecule has 12 heavy (non-hydrogen) atoms. The van der Waals surface area contributed by atoms with Crippen LogP contribution in [0.25, 0.3) is 0 Å². The zero-order valence-corrected chi connectivity index (χ0v) is 9.96. The van der Waals surface area contributed by atoms with Gasteiger partial charge in [0.15, 0.2) is 0 Å². The first kappa shape index (κ1) is 12.2. The Kier molecular flexibility index (Phi) is 7.96. The molecule has 0 aromatic carbocycles. The van der Waals surface area contributed by atoms with E-state index >= 15 is 0 Å². The van der Waals surface area contributed by atoms with E-state index in [0.717, 1.165) is 12.8 Å². The molecule has 0 saturated carbocycles. The fraction of sp³-hybridized carbons (Fsp3) is 0.889. The lowest BCUT2D eigenvalue weighted by Crippen LogP contribution is -2.09. The van der Waals surface area contributed by atoms with Crippen LogP contribution in [0.5, 0.6) is 0 Å². The summed E-state index contributed by atoms with van der Waals surface area (Å²) in [6.07, 6.45) is 3.85. The van der Waals surface area contributed by atoms with Gasteiger partial charge in [-0.2, -0.15) is 0 Å². The minimum Gasteiger partial charge on any atom is -0.466 e. The number of unbranched alkanes of at least 4 members (excludes halogenated alkanes) is 2. The Morgan fingerprint density at radius 3 is 2.67 bits per heavy atom. The van der Waals surface area contributed by atoms with Crippen LogP contribution in [0.4, 0.5) is 0 Å². The Hall–Kier alpha value is 0.200. The molecule has 0 rings (SSSR count). The number of carbonyl (C=O) groups is 1. The standard InChI is InChI=1S/C9H17IO2/c1-3-4-5-6-12-9(11)7-8(2)10/h8H,3-7H2,1-2H3. The predicted molar refractivity (Wildman–Crippen MR) is 58.6 cm³/mol. The van der Waals surface area contributed by atoms with Gasteiger partial charge in [-0.1, -0.05) is 49.3 Å². The summed E-state index contributed by atoms with van der Waals surface area (Å²) < 4.78 is 5.39. The molecule has 0 fully saturated rings. The van der Waals surface area contributed by atoms with Crippen LogP contribution in [-0.4, -0.2) is 16.5 Å². The van der Waals surface area contributed by atoms with Gasteiger partial charge in [0.25, 0.3) is 0 Å². The lowest BCUT2D eigenvalue weighted by Gasteiger charge is -2.04. The van der Waals surface area contributed by atoms with Gasteiger partial charge < -0.3 is 4.74 Å². The largest absolute Gasteiger partial charge is 0.466 e. The smallest absolute Gasteiger partial charge is 0.306 e. The van der Waals surface area contributed by atoms with Crippen LogP contribution in [0.2, 0.25) is 0 Å². The Balaban J connectivity index is 3.20. The van der Waals surface area contributed by atoms with Crippen LogP contribution in [0.3, 0.4) is 0 Å². The molecule has 2 nitrogen and oxygen atoms in total. The minimum absolute atomic E-state index is 0.0620. The second-order valence-corrected chi connectivity index (χ2v) is 5.04. The van der Waals surface area contributed by atoms with Gasteiger partial charge in [0, 0.05) is 3.92 Å². The maximum absolute atomic E-state index is 11.0. The topological polar surface area (TPSA) is 26.3 Å². The average Bonchev–Trinajstić information content (AvgIpc) is 1.97. The summed E-state index contributed by atoms with van der Waals surface area (Å²) >= 11 is 2.23. The van der Waals surface area contributed by atoms with E-state index in [4.69, 9.17) is 4.74 Å². The van der Waals surface area contributed by atoms with Gasteiger partial charge in [0.05, 0.1) is 13.0 Å². The summed E-state index contributed by atoms with van der Waals surface area (Å²) in [7, 11) is 0. The van der Waals surface area contributed by atoms with Gasteiger partial charge in [-0.15, -0.1) is 0 Å². The fourth-order valence-electron chi connectivity index (χ4n) is 0.827. The number of carbonyl (C=O) groups excluding carboxylic acids is 1. The Morgan fingerprint density at radius 1 is 1.50 bits per heavy atom. The summed E-state index contributed by atoms with van der Waals surface area (Å²) in [5.41, 5.74) is 0. The third-order valence-corrected chi connectivity index (χ3v) is 1.90. The summed E-state index contributed by atoms with van der Waals surface area (Å²) in [6, 6.07) is 0. The highest BCUT2D eigenvalue weighted by Crippen LogP contribution is 2.05. The van der Waals surface area contributed by atoms with Crippen molar-refractivity contribution in [2.75, 3.05) is 6.61 Å². The van der Waals surface area contributed by atoms with Crippen molar-refractivity contribution in [3.05, 3.63) is 0 Å². The summed E-state index contributed by atoms with van der Waals surface area (Å²) in [5.74, 6) is -0.0620. The molecule has 0 N–H and O–H groups in total. The fourth-order valence-corrected chi connectivity index (χ4v) is 1.19. The van der Waals surface area contributed by atoms with E-state index in [-0.39, 0.29) is 5.97 Å². The first-order valence-electron chi connectivity index (χ1n) is 4.46.